The highest BCUT2D eigenvalue weighted by atomic mass is 15.2. The lowest BCUT2D eigenvalue weighted by Crippen LogP contribution is -2.68. The lowest BCUT2D eigenvalue weighted by molar-refractivity contribution is 0.589. The summed E-state index contributed by atoms with van der Waals surface area (Å²) in [6.45, 7) is 42.6. The van der Waals surface area contributed by atoms with E-state index in [1.807, 2.05) is 0 Å². The first kappa shape index (κ1) is 54.3. The molecule has 9 aromatic carbocycles. The molecule has 1 aromatic heterocycles. The Bertz CT molecular complexity index is 4370. The zero-order valence-electron chi connectivity index (χ0n) is 53.1. The minimum atomic E-state index is -0.182. The van der Waals surface area contributed by atoms with E-state index in [1.54, 1.807) is 0 Å². The van der Waals surface area contributed by atoms with E-state index in [2.05, 4.69) is 314 Å². The van der Waals surface area contributed by atoms with E-state index in [0.717, 1.165) is 0 Å². The third-order valence-corrected chi connectivity index (χ3v) is 19.2. The van der Waals surface area contributed by atoms with Crippen LogP contribution in [0, 0.1) is 0 Å². The third-order valence-electron chi connectivity index (χ3n) is 19.2. The van der Waals surface area contributed by atoms with Gasteiger partial charge in [-0.2, -0.15) is 0 Å². The predicted octanol–water partition coefficient (Wildman–Crippen LogP) is 17.3. The van der Waals surface area contributed by atoms with Gasteiger partial charge in [-0.15, -0.1) is 0 Å². The third kappa shape index (κ3) is 8.23. The van der Waals surface area contributed by atoms with E-state index in [0.29, 0.717) is 0 Å². The molecule has 4 nitrogen and oxygen atoms in total. The summed E-state index contributed by atoms with van der Waals surface area (Å²) in [4.78, 5) is 8.07. The van der Waals surface area contributed by atoms with Crippen LogP contribution in [-0.2, 0) is 32.5 Å². The van der Waals surface area contributed by atoms with Gasteiger partial charge in [0, 0.05) is 67.6 Å². The molecule has 0 saturated carbocycles. The van der Waals surface area contributed by atoms with Crippen LogP contribution < -0.4 is 47.5 Å². The average molecular weight is 1100 g/mol. The SMILES string of the molecule is CC(C)(C)c1ccc(N2c3ccc(C(C)(C)C)cc3B3c4cc(C(C)(C)C)cc5c4N(c4cc(C(C)(C)C)cc2c43)c2cc(C(C)(C)C)cc3c2B5c2cc4c(cc2N3c2ccc(C(C)(C)C)cc2)c2ccccc2n4-c2ccccc2)cc1. The Morgan fingerprint density at radius 3 is 1.13 bits per heavy atom. The standard InChI is InChI=1S/C78H82B2N4/c1-73(2,3)47-28-33-54(34-29-47)82-63-37-32-49(75(7,8)9)38-58(63)79-60-39-50(76(10,11)12)40-61-72(60)84(68-43-51(77(13,14)15)41-66(82)70(68)79)69-44-52(78(16,17)18)42-67-71(69)80(61)59-46-64-57(45-65(59)83(67)55-35-30-48(31-36-55)74(4,5)6)56-26-22-23-27-62(56)81(64)53-24-20-19-21-25-53/h19-46H,1-18H3. The summed E-state index contributed by atoms with van der Waals surface area (Å²) in [5.41, 5.74) is 30.5. The van der Waals surface area contributed by atoms with Crippen LogP contribution in [0.5, 0.6) is 0 Å². The second-order valence-electron chi connectivity index (χ2n) is 31.2. The molecule has 4 aliphatic heterocycles. The molecular formula is C78H82B2N4. The number of nitrogens with zero attached hydrogens (tertiary/aromatic N) is 4. The lowest BCUT2D eigenvalue weighted by Gasteiger charge is -2.51. The maximum absolute atomic E-state index is 2.79. The molecule has 6 heteroatoms. The minimum Gasteiger partial charge on any atom is -0.312 e. The highest BCUT2D eigenvalue weighted by Gasteiger charge is 2.52. The van der Waals surface area contributed by atoms with E-state index < -0.39 is 0 Å². The largest absolute Gasteiger partial charge is 0.312 e. The molecule has 0 aliphatic carbocycles. The number of aromatic nitrogens is 1. The molecular weight excluding hydrogens is 1010 g/mol. The first-order valence-electron chi connectivity index (χ1n) is 30.9. The van der Waals surface area contributed by atoms with Crippen LogP contribution in [0.1, 0.15) is 158 Å². The fourth-order valence-corrected chi connectivity index (χ4v) is 14.4. The van der Waals surface area contributed by atoms with Crippen molar-refractivity contribution >= 4 is 119 Å². The van der Waals surface area contributed by atoms with Crippen molar-refractivity contribution in [1.82, 2.24) is 4.57 Å². The highest BCUT2D eigenvalue weighted by molar-refractivity contribution is 7.04. The van der Waals surface area contributed by atoms with Gasteiger partial charge in [0.1, 0.15) is 0 Å². The maximum atomic E-state index is 2.79. The van der Waals surface area contributed by atoms with E-state index in [1.165, 1.54) is 145 Å². The normalized spacial score (nSPS) is 14.7. The summed E-state index contributed by atoms with van der Waals surface area (Å²) < 4.78 is 2.52. The highest BCUT2D eigenvalue weighted by Crippen LogP contribution is 2.52. The van der Waals surface area contributed by atoms with Crippen LogP contribution in [0.3, 0.4) is 0 Å². The summed E-state index contributed by atoms with van der Waals surface area (Å²) in [6.07, 6.45) is 0. The Labute approximate surface area is 501 Å². The topological polar surface area (TPSA) is 14.7 Å². The molecule has 420 valence electrons. The molecule has 0 amide bonds. The Kier molecular flexibility index (Phi) is 11.6. The average Bonchev–Trinajstić information content (AvgIpc) is 0.714. The molecule has 0 saturated heterocycles. The first-order chi connectivity index (χ1) is 39.5. The van der Waals surface area contributed by atoms with E-state index in [9.17, 15) is 0 Å². The molecule has 0 spiro atoms. The zero-order chi connectivity index (χ0) is 59.3. The van der Waals surface area contributed by atoms with Crippen molar-refractivity contribution in [2.45, 2.75) is 157 Å². The van der Waals surface area contributed by atoms with Gasteiger partial charge in [0.2, 0.25) is 0 Å². The second kappa shape index (κ2) is 17.9. The molecule has 0 fully saturated rings. The molecule has 0 unspecified atom stereocenters. The second-order valence-corrected chi connectivity index (χ2v) is 31.2. The molecule has 4 aliphatic rings. The fourth-order valence-electron chi connectivity index (χ4n) is 14.4. The van der Waals surface area contributed by atoms with Crippen molar-refractivity contribution in [3.05, 3.63) is 203 Å². The van der Waals surface area contributed by atoms with Gasteiger partial charge in [0.05, 0.1) is 11.0 Å². The zero-order valence-corrected chi connectivity index (χ0v) is 53.1. The van der Waals surface area contributed by atoms with Crippen molar-refractivity contribution in [3.8, 4) is 5.69 Å². The Morgan fingerprint density at radius 2 is 0.655 bits per heavy atom. The van der Waals surface area contributed by atoms with Crippen molar-refractivity contribution in [1.29, 1.82) is 0 Å². The van der Waals surface area contributed by atoms with Gasteiger partial charge in [0.25, 0.3) is 13.4 Å². The molecule has 84 heavy (non-hydrogen) atoms. The summed E-state index contributed by atoms with van der Waals surface area (Å²) in [5.74, 6) is 0. The number of anilines is 9. The molecule has 0 bridgehead atoms. The molecule has 10 aromatic rings. The maximum Gasteiger partial charge on any atom is 0.252 e. The van der Waals surface area contributed by atoms with E-state index >= 15 is 0 Å². The van der Waals surface area contributed by atoms with Gasteiger partial charge in [-0.05, 0) is 184 Å². The monoisotopic (exact) mass is 1100 g/mol. The van der Waals surface area contributed by atoms with Gasteiger partial charge in [-0.3, -0.25) is 0 Å². The smallest absolute Gasteiger partial charge is 0.252 e. The van der Waals surface area contributed by atoms with Gasteiger partial charge in [0.15, 0.2) is 0 Å². The Morgan fingerprint density at radius 1 is 0.262 bits per heavy atom. The minimum absolute atomic E-state index is 0.000503. The van der Waals surface area contributed by atoms with Crippen LogP contribution >= 0.6 is 0 Å². The van der Waals surface area contributed by atoms with Crippen molar-refractivity contribution in [3.63, 3.8) is 0 Å². The fraction of sp³-hybridized carbons (Fsp3) is 0.308. The molecule has 0 radical (unpaired) electrons. The van der Waals surface area contributed by atoms with Gasteiger partial charge in [-0.25, -0.2) is 0 Å². The van der Waals surface area contributed by atoms with Crippen LogP contribution in [0.4, 0.5) is 51.2 Å². The van der Waals surface area contributed by atoms with Crippen molar-refractivity contribution in [2.75, 3.05) is 14.7 Å². The summed E-state index contributed by atoms with van der Waals surface area (Å²) in [6, 6.07) is 67.4. The number of rotatable bonds is 3. The van der Waals surface area contributed by atoms with Gasteiger partial charge in [-0.1, -0.05) is 210 Å². The van der Waals surface area contributed by atoms with Crippen LogP contribution in [0.25, 0.3) is 27.5 Å². The van der Waals surface area contributed by atoms with Gasteiger partial charge >= 0.3 is 0 Å². The molecule has 0 N–H and O–H groups in total. The Hall–Kier alpha value is -7.69. The number of fused-ring (bicyclic) bond motifs is 11. The molecule has 0 atom stereocenters. The number of benzene rings is 9. The first-order valence-corrected chi connectivity index (χ1v) is 30.9. The number of hydrogen-bond acceptors (Lipinski definition) is 3. The summed E-state index contributed by atoms with van der Waals surface area (Å²) in [7, 11) is 0. The predicted molar refractivity (Wildman–Crippen MR) is 366 cm³/mol. The van der Waals surface area contributed by atoms with Crippen LogP contribution in [-0.4, -0.2) is 18.0 Å². The van der Waals surface area contributed by atoms with E-state index in [4.69, 9.17) is 0 Å². The lowest BCUT2D eigenvalue weighted by atomic mass is 9.28. The summed E-state index contributed by atoms with van der Waals surface area (Å²) >= 11 is 0. The molecule has 5 heterocycles. The van der Waals surface area contributed by atoms with Crippen molar-refractivity contribution in [2.24, 2.45) is 0 Å². The van der Waals surface area contributed by atoms with Gasteiger partial charge < -0.3 is 19.3 Å². The van der Waals surface area contributed by atoms with Crippen molar-refractivity contribution < 1.29 is 0 Å². The van der Waals surface area contributed by atoms with E-state index in [-0.39, 0.29) is 45.9 Å². The quantitative estimate of drug-likeness (QED) is 0.164. The summed E-state index contributed by atoms with van der Waals surface area (Å²) in [5, 5.41) is 2.51. The van der Waals surface area contributed by atoms with Crippen LogP contribution in [0.2, 0.25) is 0 Å². The Balaban J connectivity index is 1.16. The van der Waals surface area contributed by atoms with Crippen LogP contribution in [0.15, 0.2) is 170 Å². The number of hydrogen-bond donors (Lipinski definition) is 0. The molecule has 14 rings (SSSR count). The number of para-hydroxylation sites is 2.